The third-order valence-electron chi connectivity index (χ3n) is 4.07. The zero-order valence-corrected chi connectivity index (χ0v) is 16.6. The van der Waals surface area contributed by atoms with Gasteiger partial charge in [-0.2, -0.15) is 0 Å². The first-order chi connectivity index (χ1) is 11.9. The molecule has 0 aromatic heterocycles. The van der Waals surface area contributed by atoms with Gasteiger partial charge >= 0.3 is 0 Å². The first-order valence-electron chi connectivity index (χ1n) is 7.95. The van der Waals surface area contributed by atoms with Gasteiger partial charge < -0.3 is 19.2 Å². The molecule has 0 bridgehead atoms. The summed E-state index contributed by atoms with van der Waals surface area (Å²) >= 11 is 8.20. The molecular weight excluding hydrogens is 353 g/mol. The number of amides is 1. The molecule has 0 saturated carbocycles. The van der Waals surface area contributed by atoms with E-state index in [1.54, 1.807) is 19.1 Å². The van der Waals surface area contributed by atoms with Crippen molar-refractivity contribution in [2.75, 3.05) is 20.8 Å². The number of nitrogens with zero attached hydrogens (tertiary/aromatic N) is 1. The minimum atomic E-state index is -0.0457. The normalized spacial score (nSPS) is 11.7. The predicted molar refractivity (Wildman–Crippen MR) is 101 cm³/mol. The number of carbonyl (C=O) groups excluding carboxylic acids is 1. The highest BCUT2D eigenvalue weighted by molar-refractivity contribution is 6.56. The summed E-state index contributed by atoms with van der Waals surface area (Å²) in [7, 11) is 3.20. The first-order valence-corrected chi connectivity index (χ1v) is 8.91. The fourth-order valence-electron chi connectivity index (χ4n) is 2.66. The molecule has 1 amide bonds. The Kier molecular flexibility index (Phi) is 7.19. The Bertz CT molecular complexity index is 721. The van der Waals surface area contributed by atoms with Crippen LogP contribution < -0.4 is 9.47 Å². The lowest BCUT2D eigenvalue weighted by atomic mass is 10.0. The van der Waals surface area contributed by atoms with E-state index in [0.717, 1.165) is 11.1 Å². The second-order valence-electron chi connectivity index (χ2n) is 5.86. The average molecular weight is 374 g/mol. The fourth-order valence-corrected chi connectivity index (χ4v) is 2.98. The Morgan fingerprint density at radius 2 is 1.76 bits per heavy atom. The number of halogens is 1. The second-order valence-corrected chi connectivity index (χ2v) is 6.79. The molecule has 2 aromatic carbocycles. The monoisotopic (exact) mass is 373 g/mol. The highest BCUT2D eigenvalue weighted by Crippen LogP contribution is 2.28. The summed E-state index contributed by atoms with van der Waals surface area (Å²) in [4.78, 5) is 13.9. The number of ether oxygens (including phenoxy) is 2. The summed E-state index contributed by atoms with van der Waals surface area (Å²) in [5.41, 5.74) is 2.13. The van der Waals surface area contributed by atoms with Crippen LogP contribution in [0.3, 0.4) is 0 Å². The first kappa shape index (κ1) is 19.7. The number of rotatable bonds is 7. The van der Waals surface area contributed by atoms with E-state index in [9.17, 15) is 4.79 Å². The molecule has 25 heavy (non-hydrogen) atoms. The van der Waals surface area contributed by atoms with Crippen LogP contribution in [0.2, 0.25) is 5.02 Å². The Hall–Kier alpha value is -1.67. The van der Waals surface area contributed by atoms with Crippen molar-refractivity contribution >= 4 is 32.7 Å². The molecule has 0 fully saturated rings. The molecule has 0 heterocycles. The zero-order chi connectivity index (χ0) is 18.4. The lowest BCUT2D eigenvalue weighted by Crippen LogP contribution is -2.32. The van der Waals surface area contributed by atoms with Gasteiger partial charge in [0.2, 0.25) is 0 Å². The van der Waals surface area contributed by atoms with Crippen molar-refractivity contribution in [1.29, 1.82) is 0 Å². The third kappa shape index (κ3) is 5.40. The Balaban J connectivity index is 2.13. The maximum absolute atomic E-state index is 12.1. The van der Waals surface area contributed by atoms with Crippen LogP contribution in [0.4, 0.5) is 4.79 Å². The number of hydrogen-bond acceptors (Lipinski definition) is 3. The summed E-state index contributed by atoms with van der Waals surface area (Å²) in [5.74, 6) is 1.52. The van der Waals surface area contributed by atoms with E-state index in [4.69, 9.17) is 21.1 Å². The molecule has 6 heteroatoms. The number of carbonyl (C=O) groups is 1. The van der Waals surface area contributed by atoms with Gasteiger partial charge in [-0.1, -0.05) is 36.7 Å². The molecule has 2 aromatic rings. The Labute approximate surface area is 162 Å². The summed E-state index contributed by atoms with van der Waals surface area (Å²) in [6, 6.07) is 13.4. The lowest BCUT2D eigenvalue weighted by Gasteiger charge is -2.27. The standard InChI is InChI=1S/C19H21ClNO3.Al/c1-14(16-5-7-17(20)8-6-16)11-21(13-22)12-15-4-9-18(23-2)19(10-15)24-3;/h4-10,14H,11-12H2,1-3H3;. The van der Waals surface area contributed by atoms with Crippen LogP contribution in [0, 0.1) is 0 Å². The van der Waals surface area contributed by atoms with Crippen LogP contribution in [-0.4, -0.2) is 46.7 Å². The van der Waals surface area contributed by atoms with Crippen LogP contribution in [0.5, 0.6) is 11.5 Å². The van der Waals surface area contributed by atoms with Crippen molar-refractivity contribution in [3.8, 4) is 11.5 Å². The van der Waals surface area contributed by atoms with Gasteiger partial charge in [0.1, 0.15) is 0 Å². The van der Waals surface area contributed by atoms with Crippen LogP contribution in [0.1, 0.15) is 24.0 Å². The van der Waals surface area contributed by atoms with E-state index in [1.165, 1.54) is 0 Å². The van der Waals surface area contributed by atoms with Crippen molar-refractivity contribution in [2.45, 2.75) is 19.4 Å². The molecule has 2 rings (SSSR count). The minimum Gasteiger partial charge on any atom is -0.493 e. The predicted octanol–water partition coefficient (Wildman–Crippen LogP) is 4.25. The van der Waals surface area contributed by atoms with E-state index in [-0.39, 0.29) is 10.7 Å². The molecule has 130 valence electrons. The molecule has 0 spiro atoms. The van der Waals surface area contributed by atoms with Crippen LogP contribution in [-0.2, 0) is 6.54 Å². The van der Waals surface area contributed by atoms with Gasteiger partial charge in [0.25, 0.3) is 16.3 Å². The van der Waals surface area contributed by atoms with Gasteiger partial charge in [-0.15, -0.1) is 0 Å². The van der Waals surface area contributed by atoms with Crippen molar-refractivity contribution in [1.82, 2.24) is 4.90 Å². The molecule has 0 aliphatic carbocycles. The van der Waals surface area contributed by atoms with Crippen molar-refractivity contribution in [3.05, 3.63) is 58.6 Å². The van der Waals surface area contributed by atoms with Gasteiger partial charge in [0.15, 0.2) is 11.5 Å². The Morgan fingerprint density at radius 3 is 2.32 bits per heavy atom. The van der Waals surface area contributed by atoms with Gasteiger partial charge in [-0.25, -0.2) is 0 Å². The Morgan fingerprint density at radius 1 is 1.12 bits per heavy atom. The number of benzene rings is 2. The molecule has 0 saturated heterocycles. The van der Waals surface area contributed by atoms with Crippen LogP contribution in [0.15, 0.2) is 42.5 Å². The smallest absolute Gasteiger partial charge is 0.281 e. The maximum Gasteiger partial charge on any atom is 0.281 e. The van der Waals surface area contributed by atoms with Gasteiger partial charge in [0.05, 0.1) is 19.0 Å². The quantitative estimate of drug-likeness (QED) is 0.681. The van der Waals surface area contributed by atoms with E-state index in [1.807, 2.05) is 42.5 Å². The van der Waals surface area contributed by atoms with Crippen LogP contribution in [0.25, 0.3) is 0 Å². The largest absolute Gasteiger partial charge is 0.493 e. The average Bonchev–Trinajstić information content (AvgIpc) is 2.61. The second kappa shape index (κ2) is 9.15. The van der Waals surface area contributed by atoms with Crippen molar-refractivity contribution in [2.24, 2.45) is 0 Å². The van der Waals surface area contributed by atoms with Gasteiger partial charge in [0, 0.05) is 18.1 Å². The van der Waals surface area contributed by atoms with E-state index in [0.29, 0.717) is 29.6 Å². The number of methoxy groups -OCH3 is 2. The molecule has 1 atom stereocenters. The molecule has 0 N–H and O–H groups in total. The zero-order valence-electron chi connectivity index (χ0n) is 14.7. The number of hydrogen-bond donors (Lipinski definition) is 0. The van der Waals surface area contributed by atoms with E-state index in [2.05, 4.69) is 23.2 Å². The van der Waals surface area contributed by atoms with E-state index < -0.39 is 0 Å². The SMILES string of the molecule is COc1ccc(CN(CC(C)c2ccc(Cl)cc2)[C](=O)[Al])cc1OC. The summed E-state index contributed by atoms with van der Waals surface area (Å²) in [6.45, 7) is 3.21. The lowest BCUT2D eigenvalue weighted by molar-refractivity contribution is 0.216. The highest BCUT2D eigenvalue weighted by Gasteiger charge is 2.15. The molecule has 0 aliphatic rings. The van der Waals surface area contributed by atoms with Crippen molar-refractivity contribution < 1.29 is 14.3 Å². The molecule has 1 unspecified atom stereocenters. The molecule has 2 radical (unpaired) electrons. The third-order valence-corrected chi connectivity index (χ3v) is 4.68. The topological polar surface area (TPSA) is 38.8 Å². The minimum absolute atomic E-state index is 0.0457. The highest BCUT2D eigenvalue weighted by atomic mass is 35.5. The van der Waals surface area contributed by atoms with Gasteiger partial charge in [-0.3, -0.25) is 0 Å². The molecule has 0 aliphatic heterocycles. The van der Waals surface area contributed by atoms with Gasteiger partial charge in [-0.05, 0) is 41.3 Å². The summed E-state index contributed by atoms with van der Waals surface area (Å²) < 4.78 is 10.5. The summed E-state index contributed by atoms with van der Waals surface area (Å²) in [6.07, 6.45) is 0. The maximum atomic E-state index is 12.1. The molecular formula is C19H21AlClNO3. The molecule has 4 nitrogen and oxygen atoms in total. The van der Waals surface area contributed by atoms with Crippen molar-refractivity contribution in [3.63, 3.8) is 0 Å². The summed E-state index contributed by atoms with van der Waals surface area (Å²) in [5, 5.41) is 0.709. The fraction of sp³-hybridized carbons (Fsp3) is 0.316. The van der Waals surface area contributed by atoms with E-state index >= 15 is 0 Å². The van der Waals surface area contributed by atoms with Crippen LogP contribution >= 0.6 is 11.6 Å².